The number of nitrogens with zero attached hydrogens (tertiary/aromatic N) is 4. The van der Waals surface area contributed by atoms with E-state index >= 15 is 0 Å². The number of aryl methyl sites for hydroxylation is 1. The van der Waals surface area contributed by atoms with E-state index in [1.165, 1.54) is 18.5 Å². The standard InChI is InChI=1S/C15H22ClN7O2S/c1-3-17-15(19-10-14-20-11-21-23(14)2)18-7-8-22-26(24,25)13-6-4-5-12(16)9-13/h4-6,9,11,22H,3,7-8,10H2,1-2H3,(H2,17,18,19). The van der Waals surface area contributed by atoms with Crippen LogP contribution in [-0.2, 0) is 23.6 Å². The molecular formula is C15H22ClN7O2S. The fourth-order valence-corrected chi connectivity index (χ4v) is 3.37. The summed E-state index contributed by atoms with van der Waals surface area (Å²) in [7, 11) is -1.81. The lowest BCUT2D eigenvalue weighted by Gasteiger charge is -2.12. The largest absolute Gasteiger partial charge is 0.357 e. The smallest absolute Gasteiger partial charge is 0.240 e. The molecule has 1 aromatic carbocycles. The fourth-order valence-electron chi connectivity index (χ4n) is 2.04. The van der Waals surface area contributed by atoms with Crippen molar-refractivity contribution >= 4 is 27.6 Å². The van der Waals surface area contributed by atoms with Crippen LogP contribution in [0.3, 0.4) is 0 Å². The second kappa shape index (κ2) is 9.51. The van der Waals surface area contributed by atoms with E-state index in [1.807, 2.05) is 6.92 Å². The summed E-state index contributed by atoms with van der Waals surface area (Å²) in [5, 5.41) is 10.5. The summed E-state index contributed by atoms with van der Waals surface area (Å²) < 4.78 is 28.6. The highest BCUT2D eigenvalue weighted by Crippen LogP contribution is 2.14. The Morgan fingerprint density at radius 3 is 2.77 bits per heavy atom. The van der Waals surface area contributed by atoms with Crippen LogP contribution in [0, 0.1) is 0 Å². The van der Waals surface area contributed by atoms with Crippen LogP contribution in [0.15, 0.2) is 40.5 Å². The number of guanidine groups is 1. The Hall–Kier alpha value is -2.17. The van der Waals surface area contributed by atoms with Gasteiger partial charge < -0.3 is 10.6 Å². The molecule has 0 saturated carbocycles. The Balaban J connectivity index is 1.86. The Morgan fingerprint density at radius 2 is 2.12 bits per heavy atom. The third kappa shape index (κ3) is 5.97. The van der Waals surface area contributed by atoms with Crippen molar-refractivity contribution in [2.75, 3.05) is 19.6 Å². The summed E-state index contributed by atoms with van der Waals surface area (Å²) in [6, 6.07) is 6.12. The van der Waals surface area contributed by atoms with E-state index in [-0.39, 0.29) is 11.4 Å². The number of rotatable bonds is 8. The van der Waals surface area contributed by atoms with Crippen molar-refractivity contribution in [3.8, 4) is 0 Å². The third-order valence-electron chi connectivity index (χ3n) is 3.34. The summed E-state index contributed by atoms with van der Waals surface area (Å²) in [6.45, 7) is 3.55. The van der Waals surface area contributed by atoms with E-state index in [2.05, 4.69) is 30.4 Å². The minimum absolute atomic E-state index is 0.132. The average Bonchev–Trinajstić information content (AvgIpc) is 3.01. The molecule has 3 N–H and O–H groups in total. The van der Waals surface area contributed by atoms with Crippen LogP contribution < -0.4 is 15.4 Å². The molecule has 11 heteroatoms. The first-order chi connectivity index (χ1) is 12.4. The Morgan fingerprint density at radius 1 is 1.31 bits per heavy atom. The maximum Gasteiger partial charge on any atom is 0.240 e. The number of hydrogen-bond donors (Lipinski definition) is 3. The molecule has 0 unspecified atom stereocenters. The maximum atomic E-state index is 12.2. The van der Waals surface area contributed by atoms with Gasteiger partial charge in [-0.2, -0.15) is 5.10 Å². The number of sulfonamides is 1. The third-order valence-corrected chi connectivity index (χ3v) is 5.04. The van der Waals surface area contributed by atoms with Crippen molar-refractivity contribution in [3.63, 3.8) is 0 Å². The minimum Gasteiger partial charge on any atom is -0.357 e. The van der Waals surface area contributed by atoms with Crippen LogP contribution in [0.25, 0.3) is 0 Å². The van der Waals surface area contributed by atoms with Crippen LogP contribution in [0.2, 0.25) is 5.02 Å². The van der Waals surface area contributed by atoms with Gasteiger partial charge in [0.05, 0.1) is 4.90 Å². The molecule has 0 bridgehead atoms. The molecule has 0 atom stereocenters. The number of aromatic nitrogens is 3. The number of benzene rings is 1. The first kappa shape index (κ1) is 20.1. The van der Waals surface area contributed by atoms with Gasteiger partial charge in [0, 0.05) is 31.7 Å². The topological polar surface area (TPSA) is 113 Å². The molecule has 1 heterocycles. The summed E-state index contributed by atoms with van der Waals surface area (Å²) in [6.07, 6.45) is 1.47. The van der Waals surface area contributed by atoms with Gasteiger partial charge in [-0.15, -0.1) is 0 Å². The van der Waals surface area contributed by atoms with Crippen LogP contribution >= 0.6 is 11.6 Å². The van der Waals surface area contributed by atoms with Crippen LogP contribution in [0.4, 0.5) is 0 Å². The van der Waals surface area contributed by atoms with Crippen molar-refractivity contribution in [3.05, 3.63) is 41.4 Å². The van der Waals surface area contributed by atoms with Gasteiger partial charge in [0.25, 0.3) is 0 Å². The molecule has 1 aromatic heterocycles. The highest BCUT2D eigenvalue weighted by atomic mass is 35.5. The molecule has 0 aliphatic heterocycles. The van der Waals surface area contributed by atoms with Crippen molar-refractivity contribution in [1.29, 1.82) is 0 Å². The minimum atomic E-state index is -3.60. The van der Waals surface area contributed by atoms with Crippen molar-refractivity contribution in [1.82, 2.24) is 30.1 Å². The Bertz CT molecular complexity index is 851. The lowest BCUT2D eigenvalue weighted by molar-refractivity contribution is 0.580. The summed E-state index contributed by atoms with van der Waals surface area (Å²) in [4.78, 5) is 8.63. The van der Waals surface area contributed by atoms with E-state index in [0.717, 1.165) is 5.82 Å². The van der Waals surface area contributed by atoms with Crippen molar-refractivity contribution in [2.45, 2.75) is 18.4 Å². The molecule has 0 aliphatic rings. The second-order valence-corrected chi connectivity index (χ2v) is 7.48. The van der Waals surface area contributed by atoms with Gasteiger partial charge in [-0.3, -0.25) is 4.68 Å². The summed E-state index contributed by atoms with van der Waals surface area (Å²) in [5.74, 6) is 1.29. The highest BCUT2D eigenvalue weighted by molar-refractivity contribution is 7.89. The monoisotopic (exact) mass is 399 g/mol. The van der Waals surface area contributed by atoms with Crippen LogP contribution in [0.1, 0.15) is 12.7 Å². The predicted octanol–water partition coefficient (Wildman–Crippen LogP) is 0.502. The first-order valence-electron chi connectivity index (χ1n) is 8.02. The van der Waals surface area contributed by atoms with Gasteiger partial charge in [-0.05, 0) is 25.1 Å². The van der Waals surface area contributed by atoms with Gasteiger partial charge in [0.1, 0.15) is 18.7 Å². The molecule has 0 aliphatic carbocycles. The number of aliphatic imine (C=N–C) groups is 1. The molecule has 9 nitrogen and oxygen atoms in total. The lowest BCUT2D eigenvalue weighted by Crippen LogP contribution is -2.41. The average molecular weight is 400 g/mol. The first-order valence-corrected chi connectivity index (χ1v) is 9.89. The normalized spacial score (nSPS) is 12.2. The fraction of sp³-hybridized carbons (Fsp3) is 0.400. The molecule has 2 aromatic rings. The highest BCUT2D eigenvalue weighted by Gasteiger charge is 2.13. The zero-order chi connectivity index (χ0) is 19.0. The SMILES string of the molecule is CCNC(=NCc1ncnn1C)NCCNS(=O)(=O)c1cccc(Cl)c1. The Labute approximate surface area is 157 Å². The molecule has 2 rings (SSSR count). The molecule has 0 saturated heterocycles. The van der Waals surface area contributed by atoms with E-state index in [1.54, 1.807) is 23.9 Å². The molecule has 0 amide bonds. The van der Waals surface area contributed by atoms with Crippen LogP contribution in [-0.4, -0.2) is 48.8 Å². The predicted molar refractivity (Wildman–Crippen MR) is 100 cm³/mol. The number of nitrogens with one attached hydrogen (secondary N) is 3. The van der Waals surface area contributed by atoms with Gasteiger partial charge in [0.2, 0.25) is 10.0 Å². The van der Waals surface area contributed by atoms with E-state index in [0.29, 0.717) is 30.6 Å². The summed E-state index contributed by atoms with van der Waals surface area (Å²) >= 11 is 5.84. The van der Waals surface area contributed by atoms with Gasteiger partial charge in [0.15, 0.2) is 5.96 Å². The molecule has 142 valence electrons. The Kier molecular flexibility index (Phi) is 7.37. The van der Waals surface area contributed by atoms with Crippen molar-refractivity contribution in [2.24, 2.45) is 12.0 Å². The van der Waals surface area contributed by atoms with Crippen LogP contribution in [0.5, 0.6) is 0 Å². The zero-order valence-corrected chi connectivity index (χ0v) is 16.2. The van der Waals surface area contributed by atoms with Gasteiger partial charge >= 0.3 is 0 Å². The van der Waals surface area contributed by atoms with E-state index in [4.69, 9.17) is 11.6 Å². The summed E-state index contributed by atoms with van der Waals surface area (Å²) in [5.41, 5.74) is 0. The molecule has 26 heavy (non-hydrogen) atoms. The maximum absolute atomic E-state index is 12.2. The van der Waals surface area contributed by atoms with E-state index in [9.17, 15) is 8.42 Å². The number of halogens is 1. The molecular weight excluding hydrogens is 378 g/mol. The van der Waals surface area contributed by atoms with Gasteiger partial charge in [-0.1, -0.05) is 17.7 Å². The second-order valence-electron chi connectivity index (χ2n) is 5.28. The lowest BCUT2D eigenvalue weighted by atomic mass is 10.4. The zero-order valence-electron chi connectivity index (χ0n) is 14.6. The number of hydrogen-bond acceptors (Lipinski definition) is 5. The molecule has 0 radical (unpaired) electrons. The van der Waals surface area contributed by atoms with E-state index < -0.39 is 10.0 Å². The molecule has 0 fully saturated rings. The quantitative estimate of drug-likeness (QED) is 0.338. The van der Waals surface area contributed by atoms with Gasteiger partial charge in [-0.25, -0.2) is 23.1 Å². The van der Waals surface area contributed by atoms with Crippen molar-refractivity contribution < 1.29 is 8.42 Å². The molecule has 0 spiro atoms.